The van der Waals surface area contributed by atoms with E-state index >= 15 is 0 Å². The van der Waals surface area contributed by atoms with Crippen molar-refractivity contribution in [3.8, 4) is 5.69 Å². The first-order valence-corrected chi connectivity index (χ1v) is 5.89. The van der Waals surface area contributed by atoms with Gasteiger partial charge in [-0.1, -0.05) is 19.9 Å². The van der Waals surface area contributed by atoms with Crippen LogP contribution in [0.1, 0.15) is 41.4 Å². The first-order valence-electron chi connectivity index (χ1n) is 5.89. The molecule has 0 fully saturated rings. The van der Waals surface area contributed by atoms with Gasteiger partial charge in [0.25, 0.3) is 0 Å². The minimum atomic E-state index is -0.938. The van der Waals surface area contributed by atoms with E-state index in [0.29, 0.717) is 11.6 Å². The average molecular weight is 244 g/mol. The van der Waals surface area contributed by atoms with Crippen LogP contribution in [0.5, 0.6) is 0 Å². The Hall–Kier alpha value is -2.10. The molecule has 0 atom stereocenters. The second-order valence-corrected chi connectivity index (χ2v) is 4.67. The van der Waals surface area contributed by atoms with E-state index < -0.39 is 5.97 Å². The number of aryl methyl sites for hydroxylation is 1. The lowest BCUT2D eigenvalue weighted by molar-refractivity contribution is 0.0696. The van der Waals surface area contributed by atoms with Crippen molar-refractivity contribution in [3.05, 3.63) is 47.3 Å². The Bertz CT molecular complexity index is 585. The maximum absolute atomic E-state index is 11.2. The van der Waals surface area contributed by atoms with Gasteiger partial charge in [0.2, 0.25) is 0 Å². The van der Waals surface area contributed by atoms with E-state index in [2.05, 4.69) is 18.9 Å². The molecule has 0 saturated heterocycles. The fourth-order valence-corrected chi connectivity index (χ4v) is 1.79. The molecule has 94 valence electrons. The number of hydrogen-bond acceptors (Lipinski definition) is 2. The Kier molecular flexibility index (Phi) is 3.19. The Morgan fingerprint density at radius 3 is 2.61 bits per heavy atom. The predicted molar refractivity (Wildman–Crippen MR) is 69.3 cm³/mol. The van der Waals surface area contributed by atoms with Gasteiger partial charge in [0.1, 0.15) is 0 Å². The first kappa shape index (κ1) is 12.4. The average Bonchev–Trinajstić information content (AvgIpc) is 2.77. The number of hydrogen-bond donors (Lipinski definition) is 1. The summed E-state index contributed by atoms with van der Waals surface area (Å²) < 4.78 is 1.63. The molecule has 1 aromatic carbocycles. The number of rotatable bonds is 3. The lowest BCUT2D eigenvalue weighted by Crippen LogP contribution is -2.06. The molecule has 0 radical (unpaired) electrons. The van der Waals surface area contributed by atoms with Gasteiger partial charge in [0.05, 0.1) is 16.9 Å². The van der Waals surface area contributed by atoms with Crippen molar-refractivity contribution in [2.24, 2.45) is 0 Å². The summed E-state index contributed by atoms with van der Waals surface area (Å²) in [5, 5.41) is 13.6. The van der Waals surface area contributed by atoms with E-state index in [1.807, 2.05) is 19.1 Å². The molecule has 0 amide bonds. The van der Waals surface area contributed by atoms with Crippen LogP contribution >= 0.6 is 0 Å². The van der Waals surface area contributed by atoms with Crippen LogP contribution in [-0.2, 0) is 0 Å². The van der Waals surface area contributed by atoms with Gasteiger partial charge < -0.3 is 5.11 Å². The molecule has 1 heterocycles. The molecule has 0 bridgehead atoms. The number of aromatic carboxylic acids is 1. The second-order valence-electron chi connectivity index (χ2n) is 4.67. The fourth-order valence-electron chi connectivity index (χ4n) is 1.79. The van der Waals surface area contributed by atoms with E-state index in [1.165, 1.54) is 0 Å². The van der Waals surface area contributed by atoms with Crippen molar-refractivity contribution in [1.82, 2.24) is 9.78 Å². The molecular formula is C14H16N2O2. The lowest BCUT2D eigenvalue weighted by atomic mass is 10.1. The van der Waals surface area contributed by atoms with Gasteiger partial charge in [-0.05, 0) is 36.6 Å². The minimum absolute atomic E-state index is 0.263. The number of nitrogens with zero attached hydrogens (tertiary/aromatic N) is 2. The van der Waals surface area contributed by atoms with Crippen molar-refractivity contribution < 1.29 is 9.90 Å². The maximum atomic E-state index is 11.2. The third-order valence-corrected chi connectivity index (χ3v) is 2.83. The van der Waals surface area contributed by atoms with Gasteiger partial charge in [0.15, 0.2) is 0 Å². The Labute approximate surface area is 106 Å². The van der Waals surface area contributed by atoms with Gasteiger partial charge >= 0.3 is 5.97 Å². The highest BCUT2D eigenvalue weighted by Crippen LogP contribution is 2.19. The van der Waals surface area contributed by atoms with Crippen LogP contribution in [0, 0.1) is 6.92 Å². The zero-order valence-electron chi connectivity index (χ0n) is 10.7. The summed E-state index contributed by atoms with van der Waals surface area (Å²) in [6.45, 7) is 6.05. The third kappa shape index (κ3) is 2.27. The van der Waals surface area contributed by atoms with Gasteiger partial charge in [-0.2, -0.15) is 5.10 Å². The fraction of sp³-hybridized carbons (Fsp3) is 0.286. The molecule has 0 spiro atoms. The Morgan fingerprint density at radius 2 is 2.06 bits per heavy atom. The highest BCUT2D eigenvalue weighted by Gasteiger charge is 2.13. The Morgan fingerprint density at radius 1 is 1.33 bits per heavy atom. The third-order valence-electron chi connectivity index (χ3n) is 2.83. The monoisotopic (exact) mass is 244 g/mol. The SMILES string of the molecule is Cc1ccc(C(=O)O)c(-n2ccc(C(C)C)n2)c1. The molecule has 2 aromatic rings. The summed E-state index contributed by atoms with van der Waals surface area (Å²) in [6, 6.07) is 7.16. The van der Waals surface area contributed by atoms with E-state index in [0.717, 1.165) is 11.3 Å². The summed E-state index contributed by atoms with van der Waals surface area (Å²) in [5.74, 6) is -0.615. The summed E-state index contributed by atoms with van der Waals surface area (Å²) in [5.41, 5.74) is 2.83. The van der Waals surface area contributed by atoms with Crippen molar-refractivity contribution in [2.75, 3.05) is 0 Å². The van der Waals surface area contributed by atoms with Crippen LogP contribution in [-0.4, -0.2) is 20.9 Å². The molecule has 0 unspecified atom stereocenters. The van der Waals surface area contributed by atoms with Gasteiger partial charge in [-0.15, -0.1) is 0 Å². The minimum Gasteiger partial charge on any atom is -0.478 e. The summed E-state index contributed by atoms with van der Waals surface area (Å²) >= 11 is 0. The number of benzene rings is 1. The van der Waals surface area contributed by atoms with Crippen LogP contribution < -0.4 is 0 Å². The first-order chi connectivity index (χ1) is 8.49. The summed E-state index contributed by atoms with van der Waals surface area (Å²) in [6.07, 6.45) is 1.80. The largest absolute Gasteiger partial charge is 0.478 e. The van der Waals surface area contributed by atoms with Crippen molar-refractivity contribution in [3.63, 3.8) is 0 Å². The Balaban J connectivity index is 2.54. The summed E-state index contributed by atoms with van der Waals surface area (Å²) in [4.78, 5) is 11.2. The number of carbonyl (C=O) groups is 1. The second kappa shape index (κ2) is 4.64. The van der Waals surface area contributed by atoms with Crippen molar-refractivity contribution in [2.45, 2.75) is 26.7 Å². The van der Waals surface area contributed by atoms with E-state index in [4.69, 9.17) is 0 Å². The zero-order chi connectivity index (χ0) is 13.3. The van der Waals surface area contributed by atoms with Gasteiger partial charge in [-0.25, -0.2) is 9.48 Å². The lowest BCUT2D eigenvalue weighted by Gasteiger charge is -2.07. The van der Waals surface area contributed by atoms with Crippen molar-refractivity contribution in [1.29, 1.82) is 0 Å². The number of carboxylic acid groups (broad SMARTS) is 1. The van der Waals surface area contributed by atoms with Crippen molar-refractivity contribution >= 4 is 5.97 Å². The van der Waals surface area contributed by atoms with Gasteiger partial charge in [0, 0.05) is 6.20 Å². The predicted octanol–water partition coefficient (Wildman–Crippen LogP) is 3.00. The van der Waals surface area contributed by atoms with Gasteiger partial charge in [-0.3, -0.25) is 0 Å². The summed E-state index contributed by atoms with van der Waals surface area (Å²) in [7, 11) is 0. The topological polar surface area (TPSA) is 55.1 Å². The molecule has 0 aliphatic heterocycles. The van der Waals surface area contributed by atoms with E-state index in [-0.39, 0.29) is 5.56 Å². The number of carboxylic acids is 1. The van der Waals surface area contributed by atoms with Crippen LogP contribution in [0.25, 0.3) is 5.69 Å². The highest BCUT2D eigenvalue weighted by molar-refractivity contribution is 5.92. The molecule has 1 N–H and O–H groups in total. The van der Waals surface area contributed by atoms with Crippen LogP contribution in [0.15, 0.2) is 30.5 Å². The highest BCUT2D eigenvalue weighted by atomic mass is 16.4. The molecule has 4 nitrogen and oxygen atoms in total. The zero-order valence-corrected chi connectivity index (χ0v) is 10.7. The van der Waals surface area contributed by atoms with Crippen LogP contribution in [0.3, 0.4) is 0 Å². The molecule has 4 heteroatoms. The van der Waals surface area contributed by atoms with Crippen LogP contribution in [0.4, 0.5) is 0 Å². The van der Waals surface area contributed by atoms with Crippen LogP contribution in [0.2, 0.25) is 0 Å². The standard InChI is InChI=1S/C14H16N2O2/c1-9(2)12-6-7-16(15-12)13-8-10(3)4-5-11(13)14(17)18/h4-9H,1-3H3,(H,17,18). The molecular weight excluding hydrogens is 228 g/mol. The van der Waals surface area contributed by atoms with E-state index in [1.54, 1.807) is 23.0 Å². The maximum Gasteiger partial charge on any atom is 0.337 e. The normalized spacial score (nSPS) is 10.9. The smallest absolute Gasteiger partial charge is 0.337 e. The molecule has 0 aliphatic carbocycles. The molecule has 0 saturated carbocycles. The number of aromatic nitrogens is 2. The molecule has 0 aliphatic rings. The molecule has 2 rings (SSSR count). The van der Waals surface area contributed by atoms with E-state index in [9.17, 15) is 9.90 Å². The molecule has 18 heavy (non-hydrogen) atoms. The molecule has 1 aromatic heterocycles. The quantitative estimate of drug-likeness (QED) is 0.903.